The van der Waals surface area contributed by atoms with Gasteiger partial charge < -0.3 is 9.64 Å². The summed E-state index contributed by atoms with van der Waals surface area (Å²) in [6.07, 6.45) is 1.37. The molecule has 1 fully saturated rings. The van der Waals surface area contributed by atoms with Crippen LogP contribution in [0.3, 0.4) is 0 Å². The lowest BCUT2D eigenvalue weighted by Crippen LogP contribution is -2.41. The summed E-state index contributed by atoms with van der Waals surface area (Å²) in [7, 11) is 0. The Balaban J connectivity index is 1.57. The maximum atomic E-state index is 6.15. The molecule has 0 aliphatic carbocycles. The number of fused-ring (bicyclic) bond motifs is 1. The van der Waals surface area contributed by atoms with Crippen LogP contribution in [0.1, 0.15) is 27.2 Å². The molecule has 2 aromatic carbocycles. The summed E-state index contributed by atoms with van der Waals surface area (Å²) in [6.45, 7) is 11.5. The molecule has 124 valence electrons. The third kappa shape index (κ3) is 4.26. The normalized spacial score (nSPS) is 23.8. The first-order valence-corrected chi connectivity index (χ1v) is 8.94. The fraction of sp³-hybridized carbons (Fsp3) is 0.524. The van der Waals surface area contributed by atoms with E-state index >= 15 is 0 Å². The number of likely N-dealkylation sites (tertiary alicyclic amines) is 1. The van der Waals surface area contributed by atoms with Crippen molar-refractivity contribution in [2.75, 3.05) is 26.2 Å². The van der Waals surface area contributed by atoms with Crippen LogP contribution in [0.25, 0.3) is 10.8 Å². The van der Waals surface area contributed by atoms with E-state index < -0.39 is 0 Å². The lowest BCUT2D eigenvalue weighted by Gasteiger charge is -2.36. The smallest absolute Gasteiger partial charge is 0.127 e. The van der Waals surface area contributed by atoms with Crippen LogP contribution in [0.5, 0.6) is 5.75 Å². The fourth-order valence-corrected chi connectivity index (χ4v) is 3.99. The Hall–Kier alpha value is -1.54. The van der Waals surface area contributed by atoms with E-state index in [2.05, 4.69) is 68.1 Å². The van der Waals surface area contributed by atoms with Crippen molar-refractivity contribution in [3.05, 3.63) is 42.5 Å². The van der Waals surface area contributed by atoms with Gasteiger partial charge in [0.1, 0.15) is 5.75 Å². The second-order valence-electron chi connectivity index (χ2n) is 7.56. The molecule has 1 heterocycles. The maximum absolute atomic E-state index is 6.15. The molecule has 2 heteroatoms. The SMILES string of the molecule is C[C@@H](COc1cccc2ccccc12)CN1C[C@@H](C)C[C@H](C)C1. The minimum absolute atomic E-state index is 0.548. The summed E-state index contributed by atoms with van der Waals surface area (Å²) in [4.78, 5) is 2.62. The first-order valence-electron chi connectivity index (χ1n) is 8.94. The molecular formula is C21H29NO. The van der Waals surface area contributed by atoms with Crippen LogP contribution in [0.4, 0.5) is 0 Å². The number of piperidine rings is 1. The van der Waals surface area contributed by atoms with Gasteiger partial charge in [-0.1, -0.05) is 57.2 Å². The predicted octanol–water partition coefficient (Wildman–Crippen LogP) is 4.83. The van der Waals surface area contributed by atoms with Crippen molar-refractivity contribution in [3.63, 3.8) is 0 Å². The number of hydrogen-bond donors (Lipinski definition) is 0. The highest BCUT2D eigenvalue weighted by Crippen LogP contribution is 2.26. The molecule has 3 rings (SSSR count). The lowest BCUT2D eigenvalue weighted by molar-refractivity contribution is 0.110. The molecular weight excluding hydrogens is 282 g/mol. The second-order valence-corrected chi connectivity index (χ2v) is 7.56. The largest absolute Gasteiger partial charge is 0.493 e. The van der Waals surface area contributed by atoms with Gasteiger partial charge >= 0.3 is 0 Å². The predicted molar refractivity (Wildman–Crippen MR) is 98.0 cm³/mol. The Bertz CT molecular complexity index is 623. The van der Waals surface area contributed by atoms with Gasteiger partial charge in [0.05, 0.1) is 6.61 Å². The maximum Gasteiger partial charge on any atom is 0.127 e. The van der Waals surface area contributed by atoms with Crippen molar-refractivity contribution in [3.8, 4) is 5.75 Å². The second kappa shape index (κ2) is 7.35. The van der Waals surface area contributed by atoms with Crippen LogP contribution in [0.15, 0.2) is 42.5 Å². The van der Waals surface area contributed by atoms with Gasteiger partial charge in [0.15, 0.2) is 0 Å². The number of nitrogens with zero attached hydrogens (tertiary/aromatic N) is 1. The Morgan fingerprint density at radius 3 is 2.52 bits per heavy atom. The number of benzene rings is 2. The molecule has 1 aliphatic heterocycles. The zero-order valence-electron chi connectivity index (χ0n) is 14.7. The number of ether oxygens (including phenoxy) is 1. The molecule has 0 saturated carbocycles. The van der Waals surface area contributed by atoms with E-state index in [9.17, 15) is 0 Å². The molecule has 0 spiro atoms. The van der Waals surface area contributed by atoms with Crippen molar-refractivity contribution < 1.29 is 4.74 Å². The molecule has 2 nitrogen and oxygen atoms in total. The molecule has 1 saturated heterocycles. The molecule has 23 heavy (non-hydrogen) atoms. The lowest BCUT2D eigenvalue weighted by atomic mass is 9.91. The van der Waals surface area contributed by atoms with Gasteiger partial charge in [0.25, 0.3) is 0 Å². The first kappa shape index (κ1) is 16.3. The van der Waals surface area contributed by atoms with Crippen molar-refractivity contribution in [2.45, 2.75) is 27.2 Å². The van der Waals surface area contributed by atoms with Crippen molar-refractivity contribution in [1.82, 2.24) is 4.90 Å². The standard InChI is InChI=1S/C21H29NO/c1-16-11-17(2)13-22(12-16)14-18(3)15-23-21-10-6-8-19-7-4-5-9-20(19)21/h4-10,16-18H,11-15H2,1-3H3/t16-,17-,18+/m0/s1. The van der Waals surface area contributed by atoms with Crippen LogP contribution in [-0.4, -0.2) is 31.1 Å². The van der Waals surface area contributed by atoms with Gasteiger partial charge in [0.2, 0.25) is 0 Å². The summed E-state index contributed by atoms with van der Waals surface area (Å²) < 4.78 is 6.15. The van der Waals surface area contributed by atoms with E-state index in [0.29, 0.717) is 5.92 Å². The molecule has 3 atom stereocenters. The molecule has 0 N–H and O–H groups in total. The minimum atomic E-state index is 0.548. The van der Waals surface area contributed by atoms with Crippen molar-refractivity contribution in [2.24, 2.45) is 17.8 Å². The molecule has 0 amide bonds. The van der Waals surface area contributed by atoms with Gasteiger partial charge in [-0.25, -0.2) is 0 Å². The molecule has 0 bridgehead atoms. The molecule has 2 aromatic rings. The summed E-state index contributed by atoms with van der Waals surface area (Å²) in [5, 5.41) is 2.46. The molecule has 0 unspecified atom stereocenters. The third-order valence-corrected chi connectivity index (χ3v) is 4.79. The van der Waals surface area contributed by atoms with Crippen molar-refractivity contribution >= 4 is 10.8 Å². The van der Waals surface area contributed by atoms with Crippen LogP contribution < -0.4 is 4.74 Å². The Labute approximate surface area is 140 Å². The van der Waals surface area contributed by atoms with Crippen LogP contribution in [0, 0.1) is 17.8 Å². The van der Waals surface area contributed by atoms with Crippen LogP contribution >= 0.6 is 0 Å². The van der Waals surface area contributed by atoms with Crippen molar-refractivity contribution in [1.29, 1.82) is 0 Å². The molecule has 0 radical (unpaired) electrons. The van der Waals surface area contributed by atoms with Gasteiger partial charge in [0, 0.05) is 30.9 Å². The zero-order valence-corrected chi connectivity index (χ0v) is 14.7. The first-order chi connectivity index (χ1) is 11.1. The van der Waals surface area contributed by atoms with E-state index in [1.807, 2.05) is 0 Å². The third-order valence-electron chi connectivity index (χ3n) is 4.79. The summed E-state index contributed by atoms with van der Waals surface area (Å²) in [5.74, 6) is 3.21. The number of hydrogen-bond acceptors (Lipinski definition) is 2. The average molecular weight is 311 g/mol. The van der Waals surface area contributed by atoms with Gasteiger partial charge in [-0.15, -0.1) is 0 Å². The van der Waals surface area contributed by atoms with E-state index in [4.69, 9.17) is 4.74 Å². The molecule has 1 aliphatic rings. The summed E-state index contributed by atoms with van der Waals surface area (Å²) in [6, 6.07) is 14.7. The quantitative estimate of drug-likeness (QED) is 0.784. The Morgan fingerprint density at radius 1 is 1.04 bits per heavy atom. The van der Waals surface area contributed by atoms with E-state index in [1.54, 1.807) is 0 Å². The highest BCUT2D eigenvalue weighted by Gasteiger charge is 2.22. The zero-order chi connectivity index (χ0) is 16.2. The van der Waals surface area contributed by atoms with Gasteiger partial charge in [-0.05, 0) is 29.7 Å². The minimum Gasteiger partial charge on any atom is -0.493 e. The van der Waals surface area contributed by atoms with Gasteiger partial charge in [-0.3, -0.25) is 0 Å². The van der Waals surface area contributed by atoms with Crippen LogP contribution in [-0.2, 0) is 0 Å². The average Bonchev–Trinajstić information content (AvgIpc) is 2.52. The summed E-state index contributed by atoms with van der Waals surface area (Å²) in [5.41, 5.74) is 0. The molecule has 0 aromatic heterocycles. The van der Waals surface area contributed by atoms with Crippen LogP contribution in [0.2, 0.25) is 0 Å². The number of rotatable bonds is 5. The Morgan fingerprint density at radius 2 is 1.74 bits per heavy atom. The van der Waals surface area contributed by atoms with Gasteiger partial charge in [-0.2, -0.15) is 0 Å². The van der Waals surface area contributed by atoms with E-state index in [1.165, 1.54) is 30.3 Å². The highest BCUT2D eigenvalue weighted by atomic mass is 16.5. The van der Waals surface area contributed by atoms with E-state index in [-0.39, 0.29) is 0 Å². The topological polar surface area (TPSA) is 12.5 Å². The Kier molecular flexibility index (Phi) is 5.22. The monoisotopic (exact) mass is 311 g/mol. The van der Waals surface area contributed by atoms with E-state index in [0.717, 1.165) is 30.7 Å². The summed E-state index contributed by atoms with van der Waals surface area (Å²) >= 11 is 0. The fourth-order valence-electron chi connectivity index (χ4n) is 3.99. The highest BCUT2D eigenvalue weighted by molar-refractivity contribution is 5.88.